The van der Waals surface area contributed by atoms with Gasteiger partial charge in [-0.2, -0.15) is 0 Å². The molecule has 2 rings (SSSR count). The Morgan fingerprint density at radius 2 is 1.79 bits per heavy atom. The third-order valence-electron chi connectivity index (χ3n) is 3.77. The monoisotopic (exact) mass is 214 g/mol. The first-order valence-electron chi connectivity index (χ1n) is 5.92. The van der Waals surface area contributed by atoms with Crippen LogP contribution in [0.3, 0.4) is 0 Å². The molecule has 14 heavy (non-hydrogen) atoms. The molecule has 0 aromatic rings. The Hall–Kier alpha value is 0.270. The van der Waals surface area contributed by atoms with Crippen LogP contribution in [0.25, 0.3) is 0 Å². The first-order chi connectivity index (χ1) is 6.80. The average Bonchev–Trinajstić information content (AvgIpc) is 2.62. The topological polar surface area (TPSA) is 6.48 Å². The smallest absolute Gasteiger partial charge is 0.0695 e. The lowest BCUT2D eigenvalue weighted by Crippen LogP contribution is -2.50. The minimum absolute atomic E-state index is 0.528. The number of thioether (sulfide) groups is 1. The lowest BCUT2D eigenvalue weighted by atomic mass is 10.0. The number of hydrogen-bond donors (Lipinski definition) is 0. The molecule has 0 unspecified atom stereocenters. The van der Waals surface area contributed by atoms with E-state index in [4.69, 9.17) is 0 Å². The van der Waals surface area contributed by atoms with Gasteiger partial charge in [-0.3, -0.25) is 4.90 Å². The minimum Gasteiger partial charge on any atom is -0.303 e. The second-order valence-corrected chi connectivity index (χ2v) is 5.77. The van der Waals surface area contributed by atoms with Gasteiger partial charge in [0.15, 0.2) is 0 Å². The quantitative estimate of drug-likeness (QED) is 0.693. The zero-order valence-corrected chi connectivity index (χ0v) is 10.3. The highest BCUT2D eigenvalue weighted by molar-refractivity contribution is 8.00. The molecule has 82 valence electrons. The van der Waals surface area contributed by atoms with Gasteiger partial charge in [0.25, 0.3) is 0 Å². The highest BCUT2D eigenvalue weighted by atomic mass is 32.2. The van der Waals surface area contributed by atoms with E-state index in [1.54, 1.807) is 0 Å². The standard InChI is InChI=1S/C11H22N2S/c1-3-12-7-5-11(6-8-12)13(4-2)9-10-14-11/h3-10H2,1-2H3. The van der Waals surface area contributed by atoms with E-state index in [2.05, 4.69) is 35.4 Å². The predicted molar refractivity (Wildman–Crippen MR) is 63.8 cm³/mol. The van der Waals surface area contributed by atoms with Crippen molar-refractivity contribution in [1.82, 2.24) is 9.80 Å². The second-order valence-electron chi connectivity index (χ2n) is 4.31. The van der Waals surface area contributed by atoms with E-state index in [1.807, 2.05) is 0 Å². The average molecular weight is 214 g/mol. The van der Waals surface area contributed by atoms with Gasteiger partial charge >= 0.3 is 0 Å². The van der Waals surface area contributed by atoms with E-state index in [0.29, 0.717) is 4.87 Å². The lowest BCUT2D eigenvalue weighted by Gasteiger charge is -2.43. The SMILES string of the molecule is CCN1CCC2(CC1)SCCN2CC. The van der Waals surface area contributed by atoms with E-state index in [0.717, 1.165) is 0 Å². The number of rotatable bonds is 2. The zero-order valence-electron chi connectivity index (χ0n) is 9.46. The zero-order chi connectivity index (χ0) is 10.0. The van der Waals surface area contributed by atoms with Crippen molar-refractivity contribution in [3.05, 3.63) is 0 Å². The van der Waals surface area contributed by atoms with E-state index in [9.17, 15) is 0 Å². The minimum atomic E-state index is 0.528. The summed E-state index contributed by atoms with van der Waals surface area (Å²) in [5.41, 5.74) is 0. The van der Waals surface area contributed by atoms with Crippen LogP contribution in [-0.4, -0.2) is 53.1 Å². The predicted octanol–water partition coefficient (Wildman–Crippen LogP) is 1.87. The maximum Gasteiger partial charge on any atom is 0.0695 e. The van der Waals surface area contributed by atoms with Crippen molar-refractivity contribution in [2.45, 2.75) is 31.6 Å². The first-order valence-corrected chi connectivity index (χ1v) is 6.90. The number of hydrogen-bond acceptors (Lipinski definition) is 3. The molecule has 0 aromatic carbocycles. The fourth-order valence-electron chi connectivity index (χ4n) is 2.77. The maximum absolute atomic E-state index is 2.70. The molecule has 0 radical (unpaired) electrons. The van der Waals surface area contributed by atoms with Crippen molar-refractivity contribution in [2.24, 2.45) is 0 Å². The van der Waals surface area contributed by atoms with Gasteiger partial charge in [0.05, 0.1) is 4.87 Å². The summed E-state index contributed by atoms with van der Waals surface area (Å²) in [4.78, 5) is 5.81. The van der Waals surface area contributed by atoms with Crippen molar-refractivity contribution < 1.29 is 0 Å². The van der Waals surface area contributed by atoms with Crippen LogP contribution in [0.2, 0.25) is 0 Å². The molecular formula is C11H22N2S. The van der Waals surface area contributed by atoms with Gasteiger partial charge in [-0.15, -0.1) is 11.8 Å². The van der Waals surface area contributed by atoms with Crippen LogP contribution >= 0.6 is 11.8 Å². The summed E-state index contributed by atoms with van der Waals surface area (Å²) in [6, 6.07) is 0. The molecule has 0 N–H and O–H groups in total. The summed E-state index contributed by atoms with van der Waals surface area (Å²) in [5, 5.41) is 0. The maximum atomic E-state index is 2.70. The molecule has 0 aliphatic carbocycles. The molecule has 0 saturated carbocycles. The highest BCUT2D eigenvalue weighted by Gasteiger charge is 2.42. The number of piperidine rings is 1. The van der Waals surface area contributed by atoms with Gasteiger partial charge in [-0.25, -0.2) is 0 Å². The second kappa shape index (κ2) is 4.42. The number of nitrogens with zero attached hydrogens (tertiary/aromatic N) is 2. The Labute approximate surface area is 92.0 Å². The largest absolute Gasteiger partial charge is 0.303 e. The van der Waals surface area contributed by atoms with E-state index in [-0.39, 0.29) is 0 Å². The summed E-state index contributed by atoms with van der Waals surface area (Å²) in [6.45, 7) is 11.0. The Bertz CT molecular complexity index is 188. The van der Waals surface area contributed by atoms with Crippen LogP contribution in [0.5, 0.6) is 0 Å². The Kier molecular flexibility index (Phi) is 3.40. The van der Waals surface area contributed by atoms with E-state index in [1.165, 1.54) is 51.3 Å². The summed E-state index contributed by atoms with van der Waals surface area (Å²) >= 11 is 2.21. The summed E-state index contributed by atoms with van der Waals surface area (Å²) in [5.74, 6) is 1.35. The molecule has 2 nitrogen and oxygen atoms in total. The van der Waals surface area contributed by atoms with Crippen molar-refractivity contribution >= 4 is 11.8 Å². The molecule has 0 amide bonds. The first kappa shape index (κ1) is 10.8. The molecular weight excluding hydrogens is 192 g/mol. The summed E-state index contributed by atoms with van der Waals surface area (Å²) in [7, 11) is 0. The van der Waals surface area contributed by atoms with Crippen LogP contribution in [0.15, 0.2) is 0 Å². The van der Waals surface area contributed by atoms with Gasteiger partial charge in [0.1, 0.15) is 0 Å². The third-order valence-corrected chi connectivity index (χ3v) is 5.37. The molecule has 0 aromatic heterocycles. The van der Waals surface area contributed by atoms with Crippen LogP contribution in [0.1, 0.15) is 26.7 Å². The summed E-state index contributed by atoms with van der Waals surface area (Å²) < 4.78 is 0. The fourth-order valence-corrected chi connectivity index (χ4v) is 4.33. The van der Waals surface area contributed by atoms with Crippen LogP contribution in [0, 0.1) is 0 Å². The summed E-state index contributed by atoms with van der Waals surface area (Å²) in [6.07, 6.45) is 2.75. The normalized spacial score (nSPS) is 28.7. The van der Waals surface area contributed by atoms with Gasteiger partial charge in [-0.05, 0) is 25.9 Å². The van der Waals surface area contributed by atoms with Crippen molar-refractivity contribution in [3.63, 3.8) is 0 Å². The van der Waals surface area contributed by atoms with Crippen LogP contribution in [-0.2, 0) is 0 Å². The van der Waals surface area contributed by atoms with Gasteiger partial charge in [0.2, 0.25) is 0 Å². The number of likely N-dealkylation sites (tertiary alicyclic amines) is 1. The van der Waals surface area contributed by atoms with Crippen molar-refractivity contribution in [3.8, 4) is 0 Å². The third kappa shape index (κ3) is 1.82. The van der Waals surface area contributed by atoms with Gasteiger partial charge in [-0.1, -0.05) is 13.8 Å². The lowest BCUT2D eigenvalue weighted by molar-refractivity contribution is 0.107. The van der Waals surface area contributed by atoms with Crippen LogP contribution in [0.4, 0.5) is 0 Å². The Morgan fingerprint density at radius 3 is 2.36 bits per heavy atom. The molecule has 2 aliphatic heterocycles. The molecule has 0 atom stereocenters. The molecule has 1 spiro atoms. The molecule has 2 aliphatic rings. The van der Waals surface area contributed by atoms with Crippen molar-refractivity contribution in [1.29, 1.82) is 0 Å². The molecule has 2 saturated heterocycles. The Morgan fingerprint density at radius 1 is 1.07 bits per heavy atom. The molecule has 3 heteroatoms. The highest BCUT2D eigenvalue weighted by Crippen LogP contribution is 2.43. The van der Waals surface area contributed by atoms with Crippen molar-refractivity contribution in [2.75, 3.05) is 38.5 Å². The fraction of sp³-hybridized carbons (Fsp3) is 1.00. The molecule has 0 bridgehead atoms. The van der Waals surface area contributed by atoms with E-state index < -0.39 is 0 Å². The molecule has 2 fully saturated rings. The van der Waals surface area contributed by atoms with E-state index >= 15 is 0 Å². The molecule has 2 heterocycles. The van der Waals surface area contributed by atoms with Gasteiger partial charge in [0, 0.05) is 25.4 Å². The van der Waals surface area contributed by atoms with Crippen LogP contribution < -0.4 is 0 Å². The Balaban J connectivity index is 1.97. The van der Waals surface area contributed by atoms with Gasteiger partial charge < -0.3 is 4.90 Å².